The maximum absolute atomic E-state index is 12.1. The van der Waals surface area contributed by atoms with E-state index >= 15 is 0 Å². The summed E-state index contributed by atoms with van der Waals surface area (Å²) in [5.41, 5.74) is 4.90. The van der Waals surface area contributed by atoms with Crippen LogP contribution in [0.1, 0.15) is 55.5 Å². The van der Waals surface area contributed by atoms with Crippen molar-refractivity contribution in [3.05, 3.63) is 40.0 Å². The summed E-state index contributed by atoms with van der Waals surface area (Å²) in [6, 6.07) is 6.46. The van der Waals surface area contributed by atoms with Crippen molar-refractivity contribution in [2.24, 2.45) is 0 Å². The molecule has 0 saturated carbocycles. The lowest BCUT2D eigenvalue weighted by atomic mass is 9.91. The molecule has 29 heavy (non-hydrogen) atoms. The van der Waals surface area contributed by atoms with Gasteiger partial charge in [0.1, 0.15) is 0 Å². The smallest absolute Gasteiger partial charge is 0.219 e. The van der Waals surface area contributed by atoms with Crippen molar-refractivity contribution >= 4 is 29.0 Å². The highest BCUT2D eigenvalue weighted by atomic mass is 35.5. The van der Waals surface area contributed by atoms with E-state index in [0.717, 1.165) is 55.5 Å². The standard InChI is InChI=1S/C22H27ClN4O2/c1-14-5-9-26(21-11-16(23)3-4-18(14)21)22-19-12-25(15(2)28)8-6-20(19)27(24-22)17-7-10-29-13-17/h3-4,11,14,17H,5-10,12-13H2,1-2H3/t14?,17-/m0/s1. The molecule has 6 nitrogen and oxygen atoms in total. The van der Waals surface area contributed by atoms with Crippen LogP contribution in [0, 0.1) is 0 Å². The molecule has 0 radical (unpaired) electrons. The van der Waals surface area contributed by atoms with E-state index in [1.54, 1.807) is 6.92 Å². The Bertz CT molecular complexity index is 951. The van der Waals surface area contributed by atoms with Gasteiger partial charge in [-0.3, -0.25) is 9.48 Å². The highest BCUT2D eigenvalue weighted by Crippen LogP contribution is 2.43. The molecule has 1 saturated heterocycles. The second-order valence-corrected chi connectivity index (χ2v) is 8.88. The zero-order valence-corrected chi connectivity index (χ0v) is 17.8. The number of carbonyl (C=O) groups is 1. The Labute approximate surface area is 176 Å². The van der Waals surface area contributed by atoms with Crippen LogP contribution in [0.15, 0.2) is 18.2 Å². The van der Waals surface area contributed by atoms with Crippen LogP contribution >= 0.6 is 11.6 Å². The highest BCUT2D eigenvalue weighted by Gasteiger charge is 2.34. The highest BCUT2D eigenvalue weighted by molar-refractivity contribution is 6.30. The minimum atomic E-state index is 0.120. The number of benzene rings is 1. The van der Waals surface area contributed by atoms with Gasteiger partial charge in [-0.05, 0) is 36.5 Å². The second kappa shape index (κ2) is 7.33. The van der Waals surface area contributed by atoms with Gasteiger partial charge in [-0.15, -0.1) is 0 Å². The third kappa shape index (κ3) is 3.22. The lowest BCUT2D eigenvalue weighted by Crippen LogP contribution is -2.36. The maximum Gasteiger partial charge on any atom is 0.219 e. The van der Waals surface area contributed by atoms with Gasteiger partial charge in [0.15, 0.2) is 5.82 Å². The molecule has 3 aliphatic heterocycles. The molecule has 4 heterocycles. The van der Waals surface area contributed by atoms with Crippen LogP contribution in [0.5, 0.6) is 0 Å². The number of aromatic nitrogens is 2. The fourth-order valence-electron chi connectivity index (χ4n) is 4.92. The molecule has 7 heteroatoms. The molecule has 1 aromatic heterocycles. The predicted octanol–water partition coefficient (Wildman–Crippen LogP) is 4.05. The van der Waals surface area contributed by atoms with Crippen molar-refractivity contribution in [2.45, 2.75) is 51.6 Å². The van der Waals surface area contributed by atoms with E-state index in [2.05, 4.69) is 28.6 Å². The van der Waals surface area contributed by atoms with Gasteiger partial charge in [0.25, 0.3) is 0 Å². The van der Waals surface area contributed by atoms with E-state index < -0.39 is 0 Å². The van der Waals surface area contributed by atoms with Crippen LogP contribution in [0.2, 0.25) is 5.02 Å². The van der Waals surface area contributed by atoms with Crippen LogP contribution in [0.3, 0.4) is 0 Å². The summed E-state index contributed by atoms with van der Waals surface area (Å²) < 4.78 is 7.84. The lowest BCUT2D eigenvalue weighted by molar-refractivity contribution is -0.129. The second-order valence-electron chi connectivity index (χ2n) is 8.45. The molecule has 2 aromatic rings. The van der Waals surface area contributed by atoms with Gasteiger partial charge in [0.2, 0.25) is 5.91 Å². The van der Waals surface area contributed by atoms with Gasteiger partial charge >= 0.3 is 0 Å². The fourth-order valence-corrected chi connectivity index (χ4v) is 5.08. The number of anilines is 2. The Hall–Kier alpha value is -2.05. The first-order valence-electron chi connectivity index (χ1n) is 10.5. The zero-order chi connectivity index (χ0) is 20.1. The summed E-state index contributed by atoms with van der Waals surface area (Å²) in [6.07, 6.45) is 2.90. The number of amides is 1. The van der Waals surface area contributed by atoms with Crippen LogP contribution in [-0.4, -0.2) is 46.9 Å². The van der Waals surface area contributed by atoms with E-state index in [4.69, 9.17) is 21.4 Å². The molecule has 1 unspecified atom stereocenters. The first-order chi connectivity index (χ1) is 14.0. The molecular weight excluding hydrogens is 388 g/mol. The number of hydrogen-bond donors (Lipinski definition) is 0. The SMILES string of the molecule is CC(=O)N1CCc2c(c(N3CCC(C)c4ccc(Cl)cc43)nn2[C@H]2CCOC2)C1. The number of fused-ring (bicyclic) bond motifs is 2. The molecule has 0 spiro atoms. The van der Waals surface area contributed by atoms with Gasteiger partial charge in [-0.1, -0.05) is 24.6 Å². The van der Waals surface area contributed by atoms with Crippen molar-refractivity contribution in [1.29, 1.82) is 0 Å². The Morgan fingerprint density at radius 1 is 1.28 bits per heavy atom. The molecule has 0 bridgehead atoms. The third-order valence-electron chi connectivity index (χ3n) is 6.62. The van der Waals surface area contributed by atoms with E-state index in [-0.39, 0.29) is 11.9 Å². The topological polar surface area (TPSA) is 50.6 Å². The Balaban J connectivity index is 1.63. The monoisotopic (exact) mass is 414 g/mol. The van der Waals surface area contributed by atoms with Gasteiger partial charge in [-0.25, -0.2) is 0 Å². The first kappa shape index (κ1) is 18.9. The number of ether oxygens (including phenoxy) is 1. The third-order valence-corrected chi connectivity index (χ3v) is 6.85. The minimum absolute atomic E-state index is 0.120. The summed E-state index contributed by atoms with van der Waals surface area (Å²) in [4.78, 5) is 16.3. The number of rotatable bonds is 2. The van der Waals surface area contributed by atoms with Crippen molar-refractivity contribution in [1.82, 2.24) is 14.7 Å². The average molecular weight is 415 g/mol. The van der Waals surface area contributed by atoms with Crippen LogP contribution < -0.4 is 4.90 Å². The van der Waals surface area contributed by atoms with Crippen molar-refractivity contribution in [3.63, 3.8) is 0 Å². The Morgan fingerprint density at radius 2 is 2.14 bits per heavy atom. The molecule has 2 atom stereocenters. The molecule has 1 fully saturated rings. The maximum atomic E-state index is 12.1. The van der Waals surface area contributed by atoms with E-state index in [1.165, 1.54) is 16.8 Å². The van der Waals surface area contributed by atoms with Gasteiger partial charge in [-0.2, -0.15) is 5.10 Å². The summed E-state index contributed by atoms with van der Waals surface area (Å²) in [6.45, 7) is 7.69. The Kier molecular flexibility index (Phi) is 4.79. The number of hydrogen-bond acceptors (Lipinski definition) is 4. The number of carbonyl (C=O) groups excluding carboxylic acids is 1. The van der Waals surface area contributed by atoms with Crippen molar-refractivity contribution < 1.29 is 9.53 Å². The normalized spacial score (nSPS) is 23.8. The fraction of sp³-hybridized carbons (Fsp3) is 0.545. The van der Waals surface area contributed by atoms with Crippen LogP contribution in [0.4, 0.5) is 11.5 Å². The van der Waals surface area contributed by atoms with Crippen LogP contribution in [0.25, 0.3) is 0 Å². The number of nitrogens with zero attached hydrogens (tertiary/aromatic N) is 4. The molecule has 3 aliphatic rings. The molecule has 0 N–H and O–H groups in total. The quantitative estimate of drug-likeness (QED) is 0.743. The molecular formula is C22H27ClN4O2. The molecule has 154 valence electrons. The zero-order valence-electron chi connectivity index (χ0n) is 17.0. The van der Waals surface area contributed by atoms with Crippen LogP contribution in [-0.2, 0) is 22.5 Å². The summed E-state index contributed by atoms with van der Waals surface area (Å²) in [5, 5.41) is 5.87. The Morgan fingerprint density at radius 3 is 2.90 bits per heavy atom. The molecule has 1 aromatic carbocycles. The average Bonchev–Trinajstić information content (AvgIpc) is 3.35. The van der Waals surface area contributed by atoms with E-state index in [1.807, 2.05) is 11.0 Å². The molecule has 1 amide bonds. The number of halogens is 1. The van der Waals surface area contributed by atoms with Gasteiger partial charge < -0.3 is 14.5 Å². The van der Waals surface area contributed by atoms with E-state index in [9.17, 15) is 4.79 Å². The summed E-state index contributed by atoms with van der Waals surface area (Å²) in [5.74, 6) is 1.59. The molecule has 5 rings (SSSR count). The molecule has 0 aliphatic carbocycles. The summed E-state index contributed by atoms with van der Waals surface area (Å²) >= 11 is 6.37. The van der Waals surface area contributed by atoms with E-state index in [0.29, 0.717) is 19.1 Å². The largest absolute Gasteiger partial charge is 0.379 e. The lowest BCUT2D eigenvalue weighted by Gasteiger charge is -2.35. The summed E-state index contributed by atoms with van der Waals surface area (Å²) in [7, 11) is 0. The minimum Gasteiger partial charge on any atom is -0.379 e. The van der Waals surface area contributed by atoms with Gasteiger partial charge in [0.05, 0.1) is 19.2 Å². The predicted molar refractivity (Wildman–Crippen MR) is 113 cm³/mol. The van der Waals surface area contributed by atoms with Crippen molar-refractivity contribution in [3.8, 4) is 0 Å². The van der Waals surface area contributed by atoms with Gasteiger partial charge in [0, 0.05) is 55.0 Å². The first-order valence-corrected chi connectivity index (χ1v) is 10.9. The van der Waals surface area contributed by atoms with Crippen molar-refractivity contribution in [2.75, 3.05) is 31.2 Å².